The average molecular weight is 338 g/mol. The van der Waals surface area contributed by atoms with Gasteiger partial charge in [0.05, 0.1) is 11.8 Å². The average Bonchev–Trinajstić information content (AvgIpc) is 2.85. The van der Waals surface area contributed by atoms with E-state index in [9.17, 15) is 5.11 Å². The Morgan fingerprint density at radius 3 is 2.46 bits per heavy atom. The highest BCUT2D eigenvalue weighted by Crippen LogP contribution is 2.27. The number of β-amino-alcohol motifs (C(OH)–C–C–N with tert-alkyl or cyclic N) is 1. The number of aliphatic hydroxyl groups is 1. The van der Waals surface area contributed by atoms with Crippen LogP contribution in [0.2, 0.25) is 0 Å². The number of aliphatic hydroxyl groups excluding tert-OH is 1. The van der Waals surface area contributed by atoms with Gasteiger partial charge in [0.1, 0.15) is 5.82 Å². The zero-order valence-corrected chi connectivity index (χ0v) is 16.0. The third kappa shape index (κ3) is 4.94. The summed E-state index contributed by atoms with van der Waals surface area (Å²) < 4.78 is 1.95. The van der Waals surface area contributed by atoms with E-state index >= 15 is 0 Å². The van der Waals surface area contributed by atoms with Gasteiger partial charge < -0.3 is 20.2 Å². The predicted molar refractivity (Wildman–Crippen MR) is 99.6 cm³/mol. The lowest BCUT2D eigenvalue weighted by Crippen LogP contribution is -2.40. The SMILES string of the molecule is CC(C)c1nn(C)c(N(C)C)c1CNC[C@H](O)CN1CCCCC1. The minimum Gasteiger partial charge on any atom is -0.390 e. The lowest BCUT2D eigenvalue weighted by atomic mass is 10.1. The molecular weight excluding hydrogens is 302 g/mol. The van der Waals surface area contributed by atoms with Gasteiger partial charge in [-0.1, -0.05) is 20.3 Å². The molecule has 24 heavy (non-hydrogen) atoms. The van der Waals surface area contributed by atoms with Crippen molar-refractivity contribution in [1.82, 2.24) is 20.0 Å². The number of aromatic nitrogens is 2. The zero-order chi connectivity index (χ0) is 17.7. The van der Waals surface area contributed by atoms with Crippen molar-refractivity contribution >= 4 is 5.82 Å². The third-order valence-corrected chi connectivity index (χ3v) is 4.71. The van der Waals surface area contributed by atoms with Crippen molar-refractivity contribution in [3.8, 4) is 0 Å². The molecule has 0 amide bonds. The van der Waals surface area contributed by atoms with Gasteiger partial charge in [0, 0.05) is 46.3 Å². The number of hydrogen-bond donors (Lipinski definition) is 2. The summed E-state index contributed by atoms with van der Waals surface area (Å²) in [7, 11) is 6.10. The van der Waals surface area contributed by atoms with Gasteiger partial charge in [-0.15, -0.1) is 0 Å². The minimum absolute atomic E-state index is 0.315. The van der Waals surface area contributed by atoms with E-state index in [0.717, 1.165) is 37.7 Å². The van der Waals surface area contributed by atoms with Crippen LogP contribution < -0.4 is 10.2 Å². The molecule has 0 unspecified atom stereocenters. The summed E-state index contributed by atoms with van der Waals surface area (Å²) in [5.74, 6) is 1.52. The molecule has 2 heterocycles. The summed E-state index contributed by atoms with van der Waals surface area (Å²) in [4.78, 5) is 4.49. The Kier molecular flexibility index (Phi) is 7.07. The van der Waals surface area contributed by atoms with E-state index in [1.54, 1.807) is 0 Å². The van der Waals surface area contributed by atoms with E-state index < -0.39 is 0 Å². The molecule has 0 bridgehead atoms. The molecule has 1 aliphatic rings. The van der Waals surface area contributed by atoms with Crippen LogP contribution in [0.25, 0.3) is 0 Å². The lowest BCUT2D eigenvalue weighted by molar-refractivity contribution is 0.1000. The first-order valence-corrected chi connectivity index (χ1v) is 9.24. The fraction of sp³-hybridized carbons (Fsp3) is 0.833. The first-order valence-electron chi connectivity index (χ1n) is 9.24. The standard InChI is InChI=1S/C18H35N5O/c1-14(2)17-16(18(21(3)4)22(5)20-17)12-19-11-15(24)13-23-9-7-6-8-10-23/h14-15,19,24H,6-13H2,1-5H3/t15-/m0/s1. The number of aryl methyl sites for hydroxylation is 1. The molecule has 2 N–H and O–H groups in total. The maximum absolute atomic E-state index is 10.3. The molecule has 1 saturated heterocycles. The summed E-state index contributed by atoms with van der Waals surface area (Å²) in [6, 6.07) is 0. The number of anilines is 1. The quantitative estimate of drug-likeness (QED) is 0.754. The fourth-order valence-electron chi connectivity index (χ4n) is 3.64. The van der Waals surface area contributed by atoms with Gasteiger partial charge in [0.25, 0.3) is 0 Å². The maximum atomic E-state index is 10.3. The first kappa shape index (κ1) is 19.2. The molecule has 0 saturated carbocycles. The highest BCUT2D eigenvalue weighted by Gasteiger charge is 2.20. The van der Waals surface area contributed by atoms with Gasteiger partial charge in [0.2, 0.25) is 0 Å². The van der Waals surface area contributed by atoms with Gasteiger partial charge >= 0.3 is 0 Å². The van der Waals surface area contributed by atoms with Gasteiger partial charge in [-0.25, -0.2) is 0 Å². The van der Waals surface area contributed by atoms with Crippen molar-refractivity contribution in [1.29, 1.82) is 0 Å². The van der Waals surface area contributed by atoms with Crippen LogP contribution in [0.5, 0.6) is 0 Å². The highest BCUT2D eigenvalue weighted by atomic mass is 16.3. The summed E-state index contributed by atoms with van der Waals surface area (Å²) in [5.41, 5.74) is 2.38. The van der Waals surface area contributed by atoms with E-state index in [4.69, 9.17) is 0 Å². The molecule has 6 heteroatoms. The molecule has 0 aliphatic carbocycles. The van der Waals surface area contributed by atoms with Crippen LogP contribution >= 0.6 is 0 Å². The topological polar surface area (TPSA) is 56.6 Å². The normalized spacial score (nSPS) is 17.5. The maximum Gasteiger partial charge on any atom is 0.130 e. The Balaban J connectivity index is 1.91. The first-order chi connectivity index (χ1) is 11.4. The number of nitrogens with zero attached hydrogens (tertiary/aromatic N) is 4. The Morgan fingerprint density at radius 2 is 1.88 bits per heavy atom. The van der Waals surface area contributed by atoms with Crippen molar-refractivity contribution in [2.45, 2.75) is 51.7 Å². The van der Waals surface area contributed by atoms with Crippen LogP contribution in [0.4, 0.5) is 5.82 Å². The highest BCUT2D eigenvalue weighted by molar-refractivity contribution is 5.50. The van der Waals surface area contributed by atoms with Crippen LogP contribution in [0.3, 0.4) is 0 Å². The molecule has 138 valence electrons. The van der Waals surface area contributed by atoms with E-state index in [2.05, 4.69) is 48.2 Å². The van der Waals surface area contributed by atoms with Gasteiger partial charge in [-0.05, 0) is 31.8 Å². The summed E-state index contributed by atoms with van der Waals surface area (Å²) >= 11 is 0. The predicted octanol–water partition coefficient (Wildman–Crippen LogP) is 1.55. The number of nitrogens with one attached hydrogen (secondary N) is 1. The largest absolute Gasteiger partial charge is 0.390 e. The molecule has 1 fully saturated rings. The van der Waals surface area contributed by atoms with Crippen LogP contribution in [0.15, 0.2) is 0 Å². The summed E-state index contributed by atoms with van der Waals surface area (Å²) in [6.45, 7) is 8.75. The van der Waals surface area contributed by atoms with Gasteiger partial charge in [-0.2, -0.15) is 5.10 Å². The second-order valence-corrected chi connectivity index (χ2v) is 7.51. The Hall–Kier alpha value is -1.11. The molecule has 0 aromatic carbocycles. The summed E-state index contributed by atoms with van der Waals surface area (Å²) in [6.07, 6.45) is 3.54. The van der Waals surface area contributed by atoms with E-state index in [1.165, 1.54) is 24.8 Å². The number of piperidine rings is 1. The monoisotopic (exact) mass is 337 g/mol. The Bertz CT molecular complexity index is 506. The second-order valence-electron chi connectivity index (χ2n) is 7.51. The van der Waals surface area contributed by atoms with Crippen LogP contribution in [0.1, 0.15) is 50.3 Å². The summed E-state index contributed by atoms with van der Waals surface area (Å²) in [5, 5.41) is 18.4. The molecule has 2 rings (SSSR count). The molecule has 1 aromatic heterocycles. The van der Waals surface area contributed by atoms with E-state index in [1.807, 2.05) is 11.7 Å². The molecule has 1 atom stereocenters. The van der Waals surface area contributed by atoms with E-state index in [0.29, 0.717) is 12.5 Å². The van der Waals surface area contributed by atoms with Crippen LogP contribution in [-0.2, 0) is 13.6 Å². The Morgan fingerprint density at radius 1 is 1.21 bits per heavy atom. The van der Waals surface area contributed by atoms with Crippen molar-refractivity contribution in [3.63, 3.8) is 0 Å². The molecule has 1 aromatic rings. The molecule has 6 nitrogen and oxygen atoms in total. The van der Waals surface area contributed by atoms with Gasteiger partial charge in [-0.3, -0.25) is 4.68 Å². The second kappa shape index (κ2) is 8.83. The lowest BCUT2D eigenvalue weighted by Gasteiger charge is -2.28. The number of rotatable bonds is 8. The zero-order valence-electron chi connectivity index (χ0n) is 16.0. The van der Waals surface area contributed by atoms with Crippen LogP contribution in [-0.4, -0.2) is 66.2 Å². The van der Waals surface area contributed by atoms with Crippen molar-refractivity contribution in [2.75, 3.05) is 45.2 Å². The molecule has 0 radical (unpaired) electrons. The number of likely N-dealkylation sites (tertiary alicyclic amines) is 1. The molecular formula is C18H35N5O. The smallest absolute Gasteiger partial charge is 0.130 e. The van der Waals surface area contributed by atoms with E-state index in [-0.39, 0.29) is 6.10 Å². The molecule has 0 spiro atoms. The molecule has 1 aliphatic heterocycles. The minimum atomic E-state index is -0.315. The van der Waals surface area contributed by atoms with Crippen LogP contribution in [0, 0.1) is 0 Å². The van der Waals surface area contributed by atoms with Gasteiger partial charge in [0.15, 0.2) is 0 Å². The Labute approximate surface area is 146 Å². The van der Waals surface area contributed by atoms with Crippen molar-refractivity contribution in [3.05, 3.63) is 11.3 Å². The van der Waals surface area contributed by atoms with Crippen molar-refractivity contribution < 1.29 is 5.11 Å². The third-order valence-electron chi connectivity index (χ3n) is 4.71. The van der Waals surface area contributed by atoms with Crippen molar-refractivity contribution in [2.24, 2.45) is 7.05 Å². The fourth-order valence-corrected chi connectivity index (χ4v) is 3.64. The number of hydrogen-bond acceptors (Lipinski definition) is 5.